The number of amides is 1. The fourth-order valence-corrected chi connectivity index (χ4v) is 3.33. The zero-order valence-electron chi connectivity index (χ0n) is 15.8. The standard InChI is InChI=1S/C19H24N4O3.Na/c1-22-13-17(11-20-22)23-8-7-16(12-23)21-18(24)10-15(19(25)26)9-14-5-3-2-4-6-14;/h2-6,11,13,15-16H,7-10,12H2,1H3,(H,21,24)(H,25,26);/q;+1/p-1. The van der Waals surface area contributed by atoms with Gasteiger partial charge in [-0.2, -0.15) is 5.10 Å². The van der Waals surface area contributed by atoms with Gasteiger partial charge in [-0.25, -0.2) is 0 Å². The van der Waals surface area contributed by atoms with Crippen molar-refractivity contribution in [1.29, 1.82) is 0 Å². The Morgan fingerprint density at radius 3 is 2.70 bits per heavy atom. The van der Waals surface area contributed by atoms with Gasteiger partial charge < -0.3 is 20.1 Å². The topological polar surface area (TPSA) is 90.3 Å². The third-order valence-electron chi connectivity index (χ3n) is 4.70. The Morgan fingerprint density at radius 2 is 2.07 bits per heavy atom. The van der Waals surface area contributed by atoms with E-state index in [1.165, 1.54) is 0 Å². The van der Waals surface area contributed by atoms with E-state index in [4.69, 9.17) is 0 Å². The summed E-state index contributed by atoms with van der Waals surface area (Å²) in [7, 11) is 1.87. The quantitative estimate of drug-likeness (QED) is 0.523. The van der Waals surface area contributed by atoms with Crippen LogP contribution in [0.3, 0.4) is 0 Å². The fourth-order valence-electron chi connectivity index (χ4n) is 3.33. The molecule has 1 aromatic carbocycles. The molecule has 1 aromatic heterocycles. The van der Waals surface area contributed by atoms with Crippen molar-refractivity contribution in [3.8, 4) is 0 Å². The van der Waals surface area contributed by atoms with Gasteiger partial charge in [-0.15, -0.1) is 0 Å². The number of hydrogen-bond donors (Lipinski definition) is 1. The van der Waals surface area contributed by atoms with E-state index in [9.17, 15) is 14.7 Å². The monoisotopic (exact) mass is 378 g/mol. The van der Waals surface area contributed by atoms with Crippen molar-refractivity contribution < 1.29 is 44.3 Å². The van der Waals surface area contributed by atoms with E-state index in [1.807, 2.05) is 43.6 Å². The number of rotatable bonds is 7. The molecule has 1 amide bonds. The SMILES string of the molecule is Cn1cc(N2CCC(NC(=O)CC(Cc3ccccc3)C(=O)[O-])C2)cn1.[Na+]. The van der Waals surface area contributed by atoms with Gasteiger partial charge >= 0.3 is 29.6 Å². The van der Waals surface area contributed by atoms with Crippen LogP contribution >= 0.6 is 0 Å². The minimum Gasteiger partial charge on any atom is -0.550 e. The largest absolute Gasteiger partial charge is 1.00 e. The van der Waals surface area contributed by atoms with Crippen molar-refractivity contribution in [2.45, 2.75) is 25.3 Å². The van der Waals surface area contributed by atoms with E-state index in [-0.39, 0.29) is 47.9 Å². The van der Waals surface area contributed by atoms with Crippen LogP contribution in [-0.2, 0) is 23.1 Å². The Kier molecular flexibility index (Phi) is 7.89. The first-order valence-electron chi connectivity index (χ1n) is 8.79. The number of nitrogens with zero attached hydrogens (tertiary/aromatic N) is 3. The summed E-state index contributed by atoms with van der Waals surface area (Å²) in [6.07, 6.45) is 4.80. The zero-order valence-corrected chi connectivity index (χ0v) is 17.8. The molecule has 1 aliphatic rings. The van der Waals surface area contributed by atoms with Gasteiger partial charge in [0.15, 0.2) is 0 Å². The molecule has 0 spiro atoms. The molecule has 138 valence electrons. The van der Waals surface area contributed by atoms with Gasteiger partial charge in [0.1, 0.15) is 0 Å². The van der Waals surface area contributed by atoms with Crippen LogP contribution in [0.1, 0.15) is 18.4 Å². The number of aliphatic carboxylic acids is 1. The maximum Gasteiger partial charge on any atom is 1.00 e. The van der Waals surface area contributed by atoms with Crippen LogP contribution in [-0.4, -0.2) is 40.8 Å². The Labute approximate surface area is 181 Å². The first-order valence-corrected chi connectivity index (χ1v) is 8.79. The van der Waals surface area contributed by atoms with E-state index < -0.39 is 11.9 Å². The van der Waals surface area contributed by atoms with Gasteiger partial charge in [0.05, 0.1) is 11.9 Å². The number of anilines is 1. The minimum absolute atomic E-state index is 0. The molecule has 0 bridgehead atoms. The molecule has 1 saturated heterocycles. The number of carboxylic acids is 1. The van der Waals surface area contributed by atoms with E-state index >= 15 is 0 Å². The van der Waals surface area contributed by atoms with Gasteiger partial charge in [-0.05, 0) is 18.4 Å². The number of benzene rings is 1. The fraction of sp³-hybridized carbons (Fsp3) is 0.421. The first-order chi connectivity index (χ1) is 12.5. The van der Waals surface area contributed by atoms with Crippen LogP contribution in [0.2, 0.25) is 0 Å². The van der Waals surface area contributed by atoms with Crippen LogP contribution in [0, 0.1) is 5.92 Å². The summed E-state index contributed by atoms with van der Waals surface area (Å²) < 4.78 is 1.75. The second kappa shape index (κ2) is 9.92. The Hall–Kier alpha value is -1.83. The van der Waals surface area contributed by atoms with Crippen LogP contribution < -0.4 is 44.9 Å². The first kappa shape index (κ1) is 21.5. The summed E-state index contributed by atoms with van der Waals surface area (Å²) in [6.45, 7) is 1.54. The molecule has 2 unspecified atom stereocenters. The summed E-state index contributed by atoms with van der Waals surface area (Å²) in [4.78, 5) is 25.9. The summed E-state index contributed by atoms with van der Waals surface area (Å²) in [5, 5.41) is 18.5. The number of aromatic nitrogens is 2. The molecule has 2 aromatic rings. The predicted molar refractivity (Wildman–Crippen MR) is 95.2 cm³/mol. The molecule has 0 saturated carbocycles. The molecule has 1 fully saturated rings. The van der Waals surface area contributed by atoms with Crippen molar-refractivity contribution in [3.63, 3.8) is 0 Å². The second-order valence-electron chi connectivity index (χ2n) is 6.78. The Morgan fingerprint density at radius 1 is 1.33 bits per heavy atom. The normalized spacial score (nSPS) is 17.2. The maximum absolute atomic E-state index is 12.3. The van der Waals surface area contributed by atoms with Gasteiger partial charge in [0, 0.05) is 50.7 Å². The molecule has 27 heavy (non-hydrogen) atoms. The Bertz CT molecular complexity index is 765. The van der Waals surface area contributed by atoms with Crippen LogP contribution in [0.4, 0.5) is 5.69 Å². The smallest absolute Gasteiger partial charge is 0.550 e. The molecule has 2 heterocycles. The number of nitrogens with one attached hydrogen (secondary N) is 1. The molecule has 1 aliphatic heterocycles. The van der Waals surface area contributed by atoms with E-state index in [0.29, 0.717) is 13.0 Å². The van der Waals surface area contributed by atoms with Crippen molar-refractivity contribution in [3.05, 3.63) is 48.3 Å². The minimum atomic E-state index is -1.19. The summed E-state index contributed by atoms with van der Waals surface area (Å²) in [5.41, 5.74) is 1.92. The summed E-state index contributed by atoms with van der Waals surface area (Å²) in [5.74, 6) is -2.26. The van der Waals surface area contributed by atoms with Crippen LogP contribution in [0.25, 0.3) is 0 Å². The molecular weight excluding hydrogens is 355 g/mol. The van der Waals surface area contributed by atoms with Crippen LogP contribution in [0.15, 0.2) is 42.7 Å². The molecule has 0 aliphatic carbocycles. The van der Waals surface area contributed by atoms with Gasteiger partial charge in [-0.1, -0.05) is 30.3 Å². The van der Waals surface area contributed by atoms with Gasteiger partial charge in [-0.3, -0.25) is 9.48 Å². The van der Waals surface area contributed by atoms with Gasteiger partial charge in [0.25, 0.3) is 0 Å². The van der Waals surface area contributed by atoms with E-state index in [0.717, 1.165) is 24.2 Å². The number of carbonyl (C=O) groups is 2. The third kappa shape index (κ3) is 6.09. The van der Waals surface area contributed by atoms with Gasteiger partial charge in [0.2, 0.25) is 5.91 Å². The molecule has 1 N–H and O–H groups in total. The number of carbonyl (C=O) groups excluding carboxylic acids is 2. The average Bonchev–Trinajstić information content (AvgIpc) is 3.24. The molecule has 8 heteroatoms. The zero-order chi connectivity index (χ0) is 18.5. The molecule has 2 atom stereocenters. The van der Waals surface area contributed by atoms with Crippen molar-refractivity contribution in [2.75, 3.05) is 18.0 Å². The summed E-state index contributed by atoms with van der Waals surface area (Å²) >= 11 is 0. The number of hydrogen-bond acceptors (Lipinski definition) is 5. The van der Waals surface area contributed by atoms with E-state index in [2.05, 4.69) is 15.3 Å². The van der Waals surface area contributed by atoms with E-state index in [1.54, 1.807) is 10.9 Å². The molecular formula is C19H23N4NaO3. The predicted octanol–water partition coefficient (Wildman–Crippen LogP) is -2.88. The molecule has 3 rings (SSSR count). The van der Waals surface area contributed by atoms with Crippen molar-refractivity contribution in [2.24, 2.45) is 13.0 Å². The third-order valence-corrected chi connectivity index (χ3v) is 4.70. The average molecular weight is 378 g/mol. The van der Waals surface area contributed by atoms with Crippen LogP contribution in [0.5, 0.6) is 0 Å². The number of aryl methyl sites for hydroxylation is 1. The van der Waals surface area contributed by atoms with Crippen molar-refractivity contribution in [1.82, 2.24) is 15.1 Å². The number of carboxylic acid groups (broad SMARTS) is 1. The summed E-state index contributed by atoms with van der Waals surface area (Å²) in [6, 6.07) is 9.31. The molecule has 0 radical (unpaired) electrons. The van der Waals surface area contributed by atoms with Crippen molar-refractivity contribution >= 4 is 17.6 Å². The second-order valence-corrected chi connectivity index (χ2v) is 6.78. The molecule has 7 nitrogen and oxygen atoms in total. The maximum atomic E-state index is 12.3. The Balaban J connectivity index is 0.00000261.